The fraction of sp³-hybridized carbons (Fsp3) is 0.200. The highest BCUT2D eigenvalue weighted by molar-refractivity contribution is 5.84. The first-order valence-electron chi connectivity index (χ1n) is 9.08. The van der Waals surface area contributed by atoms with E-state index in [4.69, 9.17) is 10.7 Å². The summed E-state index contributed by atoms with van der Waals surface area (Å²) >= 11 is 0. The van der Waals surface area contributed by atoms with E-state index in [9.17, 15) is 5.11 Å². The van der Waals surface area contributed by atoms with Crippen molar-refractivity contribution in [2.24, 2.45) is 0 Å². The number of fused-ring (bicyclic) bond motifs is 1. The summed E-state index contributed by atoms with van der Waals surface area (Å²) in [4.78, 5) is 19.5. The average Bonchev–Trinajstić information content (AvgIpc) is 3.34. The molecule has 4 heterocycles. The number of aromatic nitrogens is 5. The van der Waals surface area contributed by atoms with Crippen LogP contribution in [-0.4, -0.2) is 42.7 Å². The topological polar surface area (TPSA) is 106 Å². The van der Waals surface area contributed by atoms with Crippen molar-refractivity contribution in [3.63, 3.8) is 0 Å². The van der Waals surface area contributed by atoms with E-state index in [1.807, 2.05) is 51.9 Å². The number of anilines is 2. The molecule has 1 fully saturated rings. The van der Waals surface area contributed by atoms with Crippen molar-refractivity contribution in [1.29, 1.82) is 0 Å². The van der Waals surface area contributed by atoms with Crippen LogP contribution >= 0.6 is 0 Å². The summed E-state index contributed by atoms with van der Waals surface area (Å²) in [6, 6.07) is 13.5. The minimum absolute atomic E-state index is 0.322. The van der Waals surface area contributed by atoms with Crippen molar-refractivity contribution < 1.29 is 5.11 Å². The molecule has 3 N–H and O–H groups in total. The van der Waals surface area contributed by atoms with Crippen LogP contribution in [-0.2, 0) is 5.60 Å². The van der Waals surface area contributed by atoms with Crippen molar-refractivity contribution in [3.05, 3.63) is 66.7 Å². The van der Waals surface area contributed by atoms with Gasteiger partial charge in [-0.2, -0.15) is 9.97 Å². The van der Waals surface area contributed by atoms with E-state index in [0.29, 0.717) is 42.4 Å². The van der Waals surface area contributed by atoms with E-state index in [0.717, 1.165) is 11.3 Å². The van der Waals surface area contributed by atoms with Gasteiger partial charge in [0.2, 0.25) is 5.95 Å². The highest BCUT2D eigenvalue weighted by Crippen LogP contribution is 2.34. The number of pyridine rings is 1. The average molecular weight is 373 g/mol. The van der Waals surface area contributed by atoms with Gasteiger partial charge in [0.1, 0.15) is 11.9 Å². The first kappa shape index (κ1) is 16.6. The van der Waals surface area contributed by atoms with Crippen molar-refractivity contribution in [1.82, 2.24) is 24.5 Å². The maximum Gasteiger partial charge on any atom is 0.229 e. The Balaban J connectivity index is 1.54. The Kier molecular flexibility index (Phi) is 3.73. The van der Waals surface area contributed by atoms with Crippen LogP contribution in [0.25, 0.3) is 16.9 Å². The number of imidazole rings is 1. The summed E-state index contributed by atoms with van der Waals surface area (Å²) in [5, 5.41) is 11.1. The lowest BCUT2D eigenvalue weighted by molar-refractivity contribution is 0.0606. The molecule has 1 atom stereocenters. The van der Waals surface area contributed by atoms with Gasteiger partial charge in [0.25, 0.3) is 0 Å². The Hall–Kier alpha value is -3.52. The number of hydrogen-bond acceptors (Lipinski definition) is 7. The Morgan fingerprint density at radius 3 is 2.61 bits per heavy atom. The van der Waals surface area contributed by atoms with Gasteiger partial charge in [-0.05, 0) is 24.1 Å². The Labute approximate surface area is 161 Å². The van der Waals surface area contributed by atoms with E-state index in [1.165, 1.54) is 0 Å². The van der Waals surface area contributed by atoms with Gasteiger partial charge in [-0.25, -0.2) is 4.98 Å². The van der Waals surface area contributed by atoms with Crippen LogP contribution in [0.4, 0.5) is 11.8 Å². The number of benzene rings is 1. The molecule has 1 aromatic carbocycles. The molecule has 8 nitrogen and oxygen atoms in total. The monoisotopic (exact) mass is 373 g/mol. The number of hydrogen-bond donors (Lipinski definition) is 2. The quantitative estimate of drug-likeness (QED) is 0.565. The van der Waals surface area contributed by atoms with E-state index >= 15 is 0 Å². The van der Waals surface area contributed by atoms with Gasteiger partial charge in [-0.15, -0.1) is 0 Å². The van der Waals surface area contributed by atoms with Gasteiger partial charge in [0.15, 0.2) is 17.0 Å². The summed E-state index contributed by atoms with van der Waals surface area (Å²) in [7, 11) is 0. The van der Waals surface area contributed by atoms with Crippen LogP contribution in [0.1, 0.15) is 12.0 Å². The maximum atomic E-state index is 11.1. The van der Waals surface area contributed by atoms with E-state index in [-0.39, 0.29) is 0 Å². The van der Waals surface area contributed by atoms with E-state index < -0.39 is 5.60 Å². The van der Waals surface area contributed by atoms with E-state index in [1.54, 1.807) is 18.7 Å². The minimum atomic E-state index is -0.931. The largest absolute Gasteiger partial charge is 0.383 e. The van der Waals surface area contributed by atoms with Crippen molar-refractivity contribution in [2.45, 2.75) is 12.0 Å². The summed E-state index contributed by atoms with van der Waals surface area (Å²) < 4.78 is 1.86. The molecule has 1 unspecified atom stereocenters. The lowest BCUT2D eigenvalue weighted by Gasteiger charge is -2.24. The van der Waals surface area contributed by atoms with Crippen molar-refractivity contribution in [2.75, 3.05) is 23.7 Å². The summed E-state index contributed by atoms with van der Waals surface area (Å²) in [6.45, 7) is 1.05. The zero-order chi connectivity index (χ0) is 19.1. The molecule has 0 amide bonds. The summed E-state index contributed by atoms with van der Waals surface area (Å²) in [5.41, 5.74) is 8.21. The Morgan fingerprint density at radius 2 is 1.82 bits per heavy atom. The third-order valence-electron chi connectivity index (χ3n) is 5.19. The van der Waals surface area contributed by atoms with Gasteiger partial charge in [-0.1, -0.05) is 30.3 Å². The van der Waals surface area contributed by atoms with Crippen LogP contribution in [0.3, 0.4) is 0 Å². The second-order valence-electron chi connectivity index (χ2n) is 6.97. The molecule has 1 saturated heterocycles. The van der Waals surface area contributed by atoms with Gasteiger partial charge in [-0.3, -0.25) is 9.55 Å². The molecular formula is C20H19N7O. The van der Waals surface area contributed by atoms with Gasteiger partial charge in [0, 0.05) is 18.9 Å². The summed E-state index contributed by atoms with van der Waals surface area (Å²) in [6.07, 6.45) is 5.71. The molecular weight excluding hydrogens is 354 g/mol. The first-order chi connectivity index (χ1) is 13.6. The molecule has 0 saturated carbocycles. The number of nitrogens with two attached hydrogens (primary N) is 1. The molecule has 0 spiro atoms. The third-order valence-corrected chi connectivity index (χ3v) is 5.19. The smallest absolute Gasteiger partial charge is 0.229 e. The lowest BCUT2D eigenvalue weighted by Crippen LogP contribution is -2.31. The van der Waals surface area contributed by atoms with E-state index in [2.05, 4.69) is 15.0 Å². The van der Waals surface area contributed by atoms with Crippen molar-refractivity contribution in [3.8, 4) is 5.69 Å². The number of aliphatic hydroxyl groups is 1. The first-order valence-corrected chi connectivity index (χ1v) is 9.08. The molecule has 28 heavy (non-hydrogen) atoms. The van der Waals surface area contributed by atoms with Crippen LogP contribution < -0.4 is 10.6 Å². The summed E-state index contributed by atoms with van der Waals surface area (Å²) in [5.74, 6) is 0.815. The lowest BCUT2D eigenvalue weighted by atomic mass is 9.93. The highest BCUT2D eigenvalue weighted by Gasteiger charge is 2.38. The SMILES string of the molecule is Nc1nc(N2CCC(O)(c3ccccc3)C2)nc2c1ncn2-c1ccncc1. The standard InChI is InChI=1S/C20H19N7O/c21-17-16-18(27(13-23-16)15-6-9-22-10-7-15)25-19(24-17)26-11-8-20(28,12-26)14-4-2-1-3-5-14/h1-7,9-10,13,28H,8,11-12H2,(H2,21,24,25). The number of nitrogens with zero attached hydrogens (tertiary/aromatic N) is 6. The highest BCUT2D eigenvalue weighted by atomic mass is 16.3. The molecule has 1 aliphatic heterocycles. The van der Waals surface area contributed by atoms with Crippen molar-refractivity contribution >= 4 is 22.9 Å². The van der Waals surface area contributed by atoms with Crippen LogP contribution in [0, 0.1) is 0 Å². The second-order valence-corrected chi connectivity index (χ2v) is 6.97. The fourth-order valence-electron chi connectivity index (χ4n) is 3.69. The van der Waals surface area contributed by atoms with Gasteiger partial charge in [0.05, 0.1) is 12.2 Å². The maximum absolute atomic E-state index is 11.1. The Morgan fingerprint density at radius 1 is 1.04 bits per heavy atom. The number of rotatable bonds is 3. The van der Waals surface area contributed by atoms with Gasteiger partial charge < -0.3 is 15.7 Å². The normalized spacial score (nSPS) is 19.4. The fourth-order valence-corrected chi connectivity index (χ4v) is 3.69. The zero-order valence-electron chi connectivity index (χ0n) is 15.1. The minimum Gasteiger partial charge on any atom is -0.383 e. The van der Waals surface area contributed by atoms with Crippen LogP contribution in [0.5, 0.6) is 0 Å². The molecule has 5 rings (SSSR count). The van der Waals surface area contributed by atoms with Crippen LogP contribution in [0.15, 0.2) is 61.2 Å². The van der Waals surface area contributed by atoms with Gasteiger partial charge >= 0.3 is 0 Å². The Bertz CT molecular complexity index is 1130. The molecule has 4 aromatic rings. The number of nitrogen functional groups attached to an aromatic ring is 1. The molecule has 0 radical (unpaired) electrons. The molecule has 8 heteroatoms. The third kappa shape index (κ3) is 2.66. The molecule has 140 valence electrons. The predicted molar refractivity (Wildman–Crippen MR) is 106 cm³/mol. The molecule has 0 bridgehead atoms. The van der Waals surface area contributed by atoms with Crippen LogP contribution in [0.2, 0.25) is 0 Å². The molecule has 3 aromatic heterocycles. The predicted octanol–water partition coefficient (Wildman–Crippen LogP) is 1.89. The molecule has 0 aliphatic carbocycles. The zero-order valence-corrected chi connectivity index (χ0v) is 15.1. The molecule has 1 aliphatic rings. The number of β-amino-alcohol motifs (C(OH)–C–C–N with tert-alkyl or cyclic N) is 1. The second kappa shape index (κ2) is 6.28.